The summed E-state index contributed by atoms with van der Waals surface area (Å²) in [7, 11) is -4.20. The third-order valence-corrected chi connectivity index (χ3v) is 8.51. The first kappa shape index (κ1) is 31.5. The van der Waals surface area contributed by atoms with Crippen molar-refractivity contribution in [3.05, 3.63) is 94.0 Å². The van der Waals surface area contributed by atoms with Crippen molar-refractivity contribution in [1.82, 2.24) is 10.2 Å². The molecule has 0 aliphatic rings. The van der Waals surface area contributed by atoms with Gasteiger partial charge in [-0.05, 0) is 55.2 Å². The molecular formula is C30H35Cl2N3O4S. The van der Waals surface area contributed by atoms with E-state index in [0.717, 1.165) is 15.4 Å². The van der Waals surface area contributed by atoms with Gasteiger partial charge in [0.15, 0.2) is 0 Å². The zero-order chi connectivity index (χ0) is 29.4. The molecule has 40 heavy (non-hydrogen) atoms. The van der Waals surface area contributed by atoms with Gasteiger partial charge in [0.2, 0.25) is 11.8 Å². The number of halogens is 2. The highest BCUT2D eigenvalue weighted by Crippen LogP contribution is 2.30. The van der Waals surface area contributed by atoms with Gasteiger partial charge in [0.1, 0.15) is 12.6 Å². The van der Waals surface area contributed by atoms with Gasteiger partial charge >= 0.3 is 0 Å². The minimum Gasteiger partial charge on any atom is -0.354 e. The summed E-state index contributed by atoms with van der Waals surface area (Å²) in [5.41, 5.74) is 2.01. The van der Waals surface area contributed by atoms with Gasteiger partial charge in [-0.2, -0.15) is 0 Å². The molecule has 0 aliphatic heterocycles. The number of carbonyl (C=O) groups is 2. The fourth-order valence-corrected chi connectivity index (χ4v) is 6.10. The summed E-state index contributed by atoms with van der Waals surface area (Å²) in [6, 6.07) is 19.0. The fourth-order valence-electron chi connectivity index (χ4n) is 4.16. The molecule has 0 aliphatic carbocycles. The molecule has 0 radical (unpaired) electrons. The summed E-state index contributed by atoms with van der Waals surface area (Å²) in [5.74, 6) is -0.607. The van der Waals surface area contributed by atoms with Crippen molar-refractivity contribution >= 4 is 50.7 Å². The third-order valence-electron chi connectivity index (χ3n) is 6.29. The molecule has 3 aromatic rings. The van der Waals surface area contributed by atoms with Crippen molar-refractivity contribution in [3.8, 4) is 0 Å². The summed E-state index contributed by atoms with van der Waals surface area (Å²) < 4.78 is 28.7. The molecule has 0 saturated carbocycles. The van der Waals surface area contributed by atoms with Crippen LogP contribution in [0, 0.1) is 12.8 Å². The topological polar surface area (TPSA) is 86.8 Å². The molecule has 1 unspecified atom stereocenters. The molecule has 0 heterocycles. The van der Waals surface area contributed by atoms with Gasteiger partial charge < -0.3 is 10.2 Å². The molecule has 3 aromatic carbocycles. The van der Waals surface area contributed by atoms with Gasteiger partial charge in [0, 0.05) is 23.1 Å². The SMILES string of the molecule is CCC(C(=O)NCC(C)C)N(Cc1ccc(C)cc1)C(=O)CN(c1cc(Cl)cc(Cl)c1)S(=O)(=O)c1ccccc1. The summed E-state index contributed by atoms with van der Waals surface area (Å²) in [4.78, 5) is 28.8. The Morgan fingerprint density at radius 1 is 0.925 bits per heavy atom. The zero-order valence-electron chi connectivity index (χ0n) is 23.1. The van der Waals surface area contributed by atoms with Gasteiger partial charge in [-0.15, -0.1) is 0 Å². The van der Waals surface area contributed by atoms with E-state index >= 15 is 0 Å². The molecule has 2 amide bonds. The Labute approximate surface area is 247 Å². The maximum atomic E-state index is 14.1. The molecule has 10 heteroatoms. The summed E-state index contributed by atoms with van der Waals surface area (Å²) in [6.45, 7) is 7.78. The van der Waals surface area contributed by atoms with Crippen LogP contribution in [0.4, 0.5) is 5.69 Å². The van der Waals surface area contributed by atoms with E-state index in [1.807, 2.05) is 52.0 Å². The van der Waals surface area contributed by atoms with Crippen molar-refractivity contribution in [2.75, 3.05) is 17.4 Å². The lowest BCUT2D eigenvalue weighted by molar-refractivity contribution is -0.140. The Morgan fingerprint density at radius 2 is 1.52 bits per heavy atom. The molecule has 0 bridgehead atoms. The number of rotatable bonds is 12. The molecule has 214 valence electrons. The molecule has 0 aromatic heterocycles. The van der Waals surface area contributed by atoms with Gasteiger partial charge in [-0.25, -0.2) is 8.42 Å². The smallest absolute Gasteiger partial charge is 0.264 e. The van der Waals surface area contributed by atoms with E-state index in [9.17, 15) is 18.0 Å². The standard InChI is InChI=1S/C30H35Cl2N3O4S/c1-5-28(30(37)33-18-21(2)3)34(19-23-13-11-22(4)12-14-23)29(36)20-35(26-16-24(31)15-25(32)17-26)40(38,39)27-9-7-6-8-10-27/h6-17,21,28H,5,18-20H2,1-4H3,(H,33,37). The van der Waals surface area contributed by atoms with Crippen molar-refractivity contribution in [2.24, 2.45) is 5.92 Å². The second-order valence-electron chi connectivity index (χ2n) is 10.0. The number of benzene rings is 3. The molecule has 1 N–H and O–H groups in total. The van der Waals surface area contributed by atoms with Crippen LogP contribution in [0.3, 0.4) is 0 Å². The Hall–Kier alpha value is -3.07. The first-order valence-electron chi connectivity index (χ1n) is 13.1. The van der Waals surface area contributed by atoms with Gasteiger partial charge in [-0.1, -0.05) is 92.0 Å². The number of anilines is 1. The first-order valence-corrected chi connectivity index (χ1v) is 15.3. The lowest BCUT2D eigenvalue weighted by Gasteiger charge is -2.33. The Balaban J connectivity index is 2.06. The Kier molecular flexibility index (Phi) is 11.0. The summed E-state index contributed by atoms with van der Waals surface area (Å²) in [5, 5.41) is 3.36. The van der Waals surface area contributed by atoms with E-state index < -0.39 is 28.5 Å². The highest BCUT2D eigenvalue weighted by Gasteiger charge is 2.34. The first-order chi connectivity index (χ1) is 18.9. The number of sulfonamides is 1. The highest BCUT2D eigenvalue weighted by molar-refractivity contribution is 7.92. The van der Waals surface area contributed by atoms with E-state index in [1.165, 1.54) is 35.2 Å². The number of hydrogen-bond acceptors (Lipinski definition) is 4. The van der Waals surface area contributed by atoms with Crippen LogP contribution in [0.2, 0.25) is 10.0 Å². The number of amides is 2. The quantitative estimate of drug-likeness (QED) is 0.272. The Morgan fingerprint density at radius 3 is 2.08 bits per heavy atom. The van der Waals surface area contributed by atoms with E-state index in [4.69, 9.17) is 23.2 Å². The predicted octanol–water partition coefficient (Wildman–Crippen LogP) is 6.08. The molecule has 0 saturated heterocycles. The molecule has 1 atom stereocenters. The second-order valence-corrected chi connectivity index (χ2v) is 12.8. The van der Waals surface area contributed by atoms with Crippen LogP contribution in [0.25, 0.3) is 0 Å². The second kappa shape index (κ2) is 14.0. The normalized spacial score (nSPS) is 12.2. The van der Waals surface area contributed by atoms with Crippen molar-refractivity contribution in [1.29, 1.82) is 0 Å². The van der Waals surface area contributed by atoms with Crippen LogP contribution in [-0.2, 0) is 26.2 Å². The average Bonchev–Trinajstić information content (AvgIpc) is 2.91. The van der Waals surface area contributed by atoms with E-state index in [2.05, 4.69) is 5.32 Å². The van der Waals surface area contributed by atoms with Crippen LogP contribution < -0.4 is 9.62 Å². The van der Waals surface area contributed by atoms with Gasteiger partial charge in [-0.3, -0.25) is 13.9 Å². The Bertz CT molecular complexity index is 1390. The summed E-state index contributed by atoms with van der Waals surface area (Å²) in [6.07, 6.45) is 0.343. The van der Waals surface area contributed by atoms with Gasteiger partial charge in [0.05, 0.1) is 10.6 Å². The van der Waals surface area contributed by atoms with Crippen LogP contribution in [-0.4, -0.2) is 44.3 Å². The van der Waals surface area contributed by atoms with Crippen LogP contribution in [0.15, 0.2) is 77.7 Å². The van der Waals surface area contributed by atoms with E-state index in [0.29, 0.717) is 13.0 Å². The van der Waals surface area contributed by atoms with Crippen LogP contribution in [0.1, 0.15) is 38.3 Å². The third kappa shape index (κ3) is 8.22. The molecule has 0 fully saturated rings. The molecule has 7 nitrogen and oxygen atoms in total. The monoisotopic (exact) mass is 603 g/mol. The lowest BCUT2D eigenvalue weighted by atomic mass is 10.1. The lowest BCUT2D eigenvalue weighted by Crippen LogP contribution is -2.52. The van der Waals surface area contributed by atoms with Crippen LogP contribution in [0.5, 0.6) is 0 Å². The minimum absolute atomic E-state index is 0.00528. The number of hydrogen-bond donors (Lipinski definition) is 1. The number of nitrogens with one attached hydrogen (secondary N) is 1. The average molecular weight is 605 g/mol. The molecule has 3 rings (SSSR count). The van der Waals surface area contributed by atoms with Crippen LogP contribution >= 0.6 is 23.2 Å². The van der Waals surface area contributed by atoms with Crippen molar-refractivity contribution in [3.63, 3.8) is 0 Å². The maximum Gasteiger partial charge on any atom is 0.264 e. The van der Waals surface area contributed by atoms with E-state index in [1.54, 1.807) is 18.2 Å². The molecule has 0 spiro atoms. The number of nitrogens with zero attached hydrogens (tertiary/aromatic N) is 2. The number of aryl methyl sites for hydroxylation is 1. The maximum absolute atomic E-state index is 14.1. The van der Waals surface area contributed by atoms with Crippen molar-refractivity contribution in [2.45, 2.75) is 51.6 Å². The fraction of sp³-hybridized carbons (Fsp3) is 0.333. The number of carbonyl (C=O) groups excluding carboxylic acids is 2. The zero-order valence-corrected chi connectivity index (χ0v) is 25.4. The predicted molar refractivity (Wildman–Crippen MR) is 161 cm³/mol. The minimum atomic E-state index is -4.20. The largest absolute Gasteiger partial charge is 0.354 e. The van der Waals surface area contributed by atoms with Crippen molar-refractivity contribution < 1.29 is 18.0 Å². The van der Waals surface area contributed by atoms with Gasteiger partial charge in [0.25, 0.3) is 10.0 Å². The molecular weight excluding hydrogens is 569 g/mol. The van der Waals surface area contributed by atoms with E-state index in [-0.39, 0.29) is 39.0 Å². The summed E-state index contributed by atoms with van der Waals surface area (Å²) >= 11 is 12.5. The highest BCUT2D eigenvalue weighted by atomic mass is 35.5.